The Morgan fingerprint density at radius 2 is 1.21 bits per heavy atom. The number of benzene rings is 4. The number of hydrogen-bond acceptors (Lipinski definition) is 10. The summed E-state index contributed by atoms with van der Waals surface area (Å²) in [4.78, 5) is 24.0. The summed E-state index contributed by atoms with van der Waals surface area (Å²) in [7, 11) is 0. The van der Waals surface area contributed by atoms with E-state index < -0.39 is 68.6 Å². The van der Waals surface area contributed by atoms with Crippen LogP contribution in [-0.2, 0) is 54.7 Å². The molecule has 2 amide bonds. The predicted molar refractivity (Wildman–Crippen MR) is 247 cm³/mol. The zero-order valence-electron chi connectivity index (χ0n) is 37.9. The van der Waals surface area contributed by atoms with Crippen molar-refractivity contribution < 1.29 is 63.7 Å². The van der Waals surface area contributed by atoms with Crippen LogP contribution in [0.3, 0.4) is 0 Å². The van der Waals surface area contributed by atoms with Crippen LogP contribution < -0.4 is 16.2 Å². The number of carbonyl (C=O) groups is 2. The zero-order valence-corrected chi connectivity index (χ0v) is 39.5. The fourth-order valence-corrected chi connectivity index (χ4v) is 7.95. The van der Waals surface area contributed by atoms with Gasteiger partial charge in [0.25, 0.3) is 0 Å². The van der Waals surface area contributed by atoms with Crippen LogP contribution in [0.15, 0.2) is 95.1 Å². The van der Waals surface area contributed by atoms with Gasteiger partial charge in [-0.2, -0.15) is 23.4 Å². The van der Waals surface area contributed by atoms with E-state index in [9.17, 15) is 44.7 Å². The Labute approximate surface area is 410 Å². The lowest BCUT2D eigenvalue weighted by molar-refractivity contribution is -0.227. The van der Waals surface area contributed by atoms with Crippen LogP contribution in [0.4, 0.5) is 35.1 Å². The van der Waals surface area contributed by atoms with Crippen molar-refractivity contribution in [3.05, 3.63) is 141 Å². The van der Waals surface area contributed by atoms with Crippen molar-refractivity contribution in [2.75, 3.05) is 38.7 Å². The molecule has 4 aliphatic heterocycles. The topological polar surface area (TPSA) is 135 Å². The van der Waals surface area contributed by atoms with E-state index in [1.54, 1.807) is 50.2 Å². The van der Waals surface area contributed by atoms with Gasteiger partial charge in [-0.3, -0.25) is 14.5 Å². The number of hydrogen-bond donors (Lipinski definition) is 3. The molecule has 1 unspecified atom stereocenters. The Morgan fingerprint density at radius 3 is 1.71 bits per heavy atom. The fourth-order valence-electron chi connectivity index (χ4n) is 7.80. The van der Waals surface area contributed by atoms with E-state index >= 15 is 0 Å². The molecule has 380 valence electrons. The molecule has 0 saturated carbocycles. The van der Waals surface area contributed by atoms with Gasteiger partial charge in [0.05, 0.1) is 73.2 Å². The van der Waals surface area contributed by atoms with E-state index in [1.807, 2.05) is 0 Å². The summed E-state index contributed by atoms with van der Waals surface area (Å²) in [6.07, 6.45) is -6.81. The summed E-state index contributed by atoms with van der Waals surface area (Å²) >= 11 is 5.35. The van der Waals surface area contributed by atoms with Crippen LogP contribution >= 0.6 is 24.0 Å². The zero-order chi connectivity index (χ0) is 49.7. The fraction of sp³-hybridized carbons (Fsp3) is 0.417. The molecule has 70 heavy (non-hydrogen) atoms. The number of morpholine rings is 2. The smallest absolute Gasteiger partial charge is 0.349 e. The molecule has 2 saturated heterocycles. The van der Waals surface area contributed by atoms with Gasteiger partial charge in [0.2, 0.25) is 11.8 Å². The van der Waals surface area contributed by atoms with Crippen molar-refractivity contribution in [1.82, 2.24) is 21.1 Å². The summed E-state index contributed by atoms with van der Waals surface area (Å²) in [5, 5.41) is 10.9. The highest BCUT2D eigenvalue weighted by molar-refractivity contribution is 6.30. The molecule has 0 radical (unpaired) electrons. The van der Waals surface area contributed by atoms with Gasteiger partial charge in [-0.05, 0) is 89.2 Å². The molecule has 4 aliphatic rings. The SMILES string of the molecule is C[C@@H](O[C@H]1OCCN(CC2=NNC(=O)C2)[C@H]1c1ccc(F)cc1)c1cc(CF)cc(CF)c1.C[C@@H](O[C@H]1OCCNC1c1ccc(F)cc1)c1cc(CF)cc(C(F)(F)F)c1.Cl.O=C1CC(CCl)=NN1. The Morgan fingerprint density at radius 1 is 0.714 bits per heavy atom. The van der Waals surface area contributed by atoms with E-state index in [1.165, 1.54) is 36.4 Å². The van der Waals surface area contributed by atoms with Crippen LogP contribution in [0, 0.1) is 11.6 Å². The van der Waals surface area contributed by atoms with Crippen molar-refractivity contribution in [2.45, 2.75) is 89.8 Å². The van der Waals surface area contributed by atoms with Crippen molar-refractivity contribution in [3.63, 3.8) is 0 Å². The maximum Gasteiger partial charge on any atom is 0.416 e. The minimum atomic E-state index is -4.58. The molecule has 22 heteroatoms. The van der Waals surface area contributed by atoms with Crippen LogP contribution in [-0.4, -0.2) is 79.4 Å². The summed E-state index contributed by atoms with van der Waals surface area (Å²) in [5.41, 5.74) is 8.29. The summed E-state index contributed by atoms with van der Waals surface area (Å²) in [6, 6.07) is 19.0. The van der Waals surface area contributed by atoms with Gasteiger partial charge in [-0.15, -0.1) is 24.0 Å². The van der Waals surface area contributed by atoms with Crippen molar-refractivity contribution in [2.24, 2.45) is 10.2 Å². The third-order valence-electron chi connectivity index (χ3n) is 11.2. The number of nitrogens with zero attached hydrogens (tertiary/aromatic N) is 3. The molecule has 0 spiro atoms. The predicted octanol–water partition coefficient (Wildman–Crippen LogP) is 9.72. The Hall–Kier alpha value is -5.06. The van der Waals surface area contributed by atoms with Crippen LogP contribution in [0.5, 0.6) is 0 Å². The van der Waals surface area contributed by atoms with Gasteiger partial charge in [0, 0.05) is 19.6 Å². The molecule has 12 nitrogen and oxygen atoms in total. The standard InChI is InChI=1S/C24H26F3N3O3.C20H20F5NO2.C4H5ClN2O.ClH/c1-15(19-9-16(12-25)8-17(10-19)13-26)33-24-23(18-2-4-20(27)5-3-18)30(6-7-32-24)14-21-11-22(31)29-28-21;1-12(15-8-13(11-21)9-16(10-15)20(23,24)25)28-19-18(26-6-7-27-19)14-2-4-17(22)5-3-14;5-2-3-1-4(8)7-6-3;/h2-5,8-10,15,23-24H,6-7,11-14H2,1H3,(H,29,31);2-5,8-10,12,18-19,26H,6-7,11H2,1H3;1-2H2,(H,7,8);1H/t15-,23+,24-;12-,18?,19-;;/m11../s1. The second-order valence-electron chi connectivity index (χ2n) is 16.3. The number of nitrogens with one attached hydrogen (secondary N) is 3. The molecule has 3 N–H and O–H groups in total. The maximum atomic E-state index is 13.6. The number of ether oxygens (including phenoxy) is 4. The normalized spacial score (nSPS) is 21.1. The van der Waals surface area contributed by atoms with Gasteiger partial charge < -0.3 is 24.3 Å². The summed E-state index contributed by atoms with van der Waals surface area (Å²) in [6.45, 7) is 3.23. The number of carbonyl (C=O) groups excluding carboxylic acids is 2. The largest absolute Gasteiger partial charge is 0.416 e. The number of rotatable bonds is 14. The maximum absolute atomic E-state index is 13.6. The average molecular weight is 1030 g/mol. The van der Waals surface area contributed by atoms with E-state index in [0.29, 0.717) is 67.6 Å². The molecule has 8 rings (SSSR count). The molecule has 4 heterocycles. The minimum Gasteiger partial charge on any atom is -0.349 e. The first-order valence-corrected chi connectivity index (χ1v) is 22.4. The van der Waals surface area contributed by atoms with Crippen LogP contribution in [0.2, 0.25) is 0 Å². The molecule has 0 bridgehead atoms. The van der Waals surface area contributed by atoms with E-state index in [2.05, 4.69) is 31.3 Å². The van der Waals surface area contributed by atoms with E-state index in [0.717, 1.165) is 29.0 Å². The molecular weight excluding hydrogens is 979 g/mol. The highest BCUT2D eigenvalue weighted by atomic mass is 35.5. The Balaban J connectivity index is 0.000000224. The van der Waals surface area contributed by atoms with E-state index in [-0.39, 0.29) is 53.4 Å². The first-order chi connectivity index (χ1) is 33.1. The molecule has 2 fully saturated rings. The molecule has 6 atom stereocenters. The third kappa shape index (κ3) is 15.7. The number of hydrazone groups is 2. The second-order valence-corrected chi connectivity index (χ2v) is 16.6. The average Bonchev–Trinajstić information content (AvgIpc) is 3.98. The van der Waals surface area contributed by atoms with E-state index in [4.69, 9.17) is 30.5 Å². The van der Waals surface area contributed by atoms with Crippen molar-refractivity contribution in [3.8, 4) is 0 Å². The molecule has 4 aromatic rings. The highest BCUT2D eigenvalue weighted by Gasteiger charge is 2.38. The van der Waals surface area contributed by atoms with Gasteiger partial charge in [0.1, 0.15) is 31.7 Å². The van der Waals surface area contributed by atoms with Crippen LogP contribution in [0.1, 0.15) is 95.5 Å². The quantitative estimate of drug-likeness (QED) is 0.0840. The van der Waals surface area contributed by atoms with Gasteiger partial charge in [0.15, 0.2) is 12.6 Å². The van der Waals surface area contributed by atoms with Gasteiger partial charge in [-0.25, -0.2) is 32.8 Å². The lowest BCUT2D eigenvalue weighted by Gasteiger charge is -2.42. The monoisotopic (exact) mass is 1030 g/mol. The molecule has 4 aromatic carbocycles. The lowest BCUT2D eigenvalue weighted by atomic mass is 10.0. The van der Waals surface area contributed by atoms with Crippen molar-refractivity contribution in [1.29, 1.82) is 0 Å². The first kappa shape index (κ1) is 55.9. The molecule has 0 aliphatic carbocycles. The summed E-state index contributed by atoms with van der Waals surface area (Å²) < 4.78 is 129. The first-order valence-electron chi connectivity index (χ1n) is 21.9. The number of alkyl halides is 7. The van der Waals surface area contributed by atoms with Gasteiger partial charge in [-0.1, -0.05) is 48.5 Å². The lowest BCUT2D eigenvalue weighted by Crippen LogP contribution is -2.48. The third-order valence-corrected chi connectivity index (χ3v) is 11.5. The minimum absolute atomic E-state index is 0. The van der Waals surface area contributed by atoms with Crippen LogP contribution in [0.25, 0.3) is 0 Å². The number of amides is 2. The summed E-state index contributed by atoms with van der Waals surface area (Å²) in [5.74, 6) is -0.618. The van der Waals surface area contributed by atoms with Crippen molar-refractivity contribution >= 4 is 47.2 Å². The Bertz CT molecular complexity index is 2400. The molecule has 0 aromatic heterocycles. The Kier molecular flexibility index (Phi) is 21.1. The second kappa shape index (κ2) is 26.4. The highest BCUT2D eigenvalue weighted by Crippen LogP contribution is 2.36. The number of halogens is 10. The molecular formula is C48H52Cl2F8N6O6. The van der Waals surface area contributed by atoms with Gasteiger partial charge >= 0.3 is 6.18 Å².